The van der Waals surface area contributed by atoms with Crippen LogP contribution in [0.15, 0.2) is 6.20 Å². The van der Waals surface area contributed by atoms with E-state index in [2.05, 4.69) is 40.0 Å². The zero-order valence-electron chi connectivity index (χ0n) is 19.0. The largest absolute Gasteiger partial charge is 0.351 e. The number of amides is 1. The Balaban J connectivity index is 1.53. The number of aromatic nitrogens is 2. The number of piperidine rings is 1. The fourth-order valence-electron chi connectivity index (χ4n) is 5.49. The molecular formula is C23H35N7O. The number of anilines is 3. The van der Waals surface area contributed by atoms with Crippen molar-refractivity contribution in [2.75, 3.05) is 41.8 Å². The highest BCUT2D eigenvalue weighted by Gasteiger charge is 2.41. The molecule has 2 atom stereocenters. The predicted octanol–water partition coefficient (Wildman–Crippen LogP) is 3.02. The van der Waals surface area contributed by atoms with Gasteiger partial charge < -0.3 is 15.1 Å². The molecule has 1 aliphatic carbocycles. The van der Waals surface area contributed by atoms with Crippen molar-refractivity contribution in [1.29, 1.82) is 5.26 Å². The Morgan fingerprint density at radius 1 is 1.26 bits per heavy atom. The number of carbonyl (C=O) groups excluding carboxylic acids is 1. The molecule has 1 amide bonds. The molecule has 2 fully saturated rings. The summed E-state index contributed by atoms with van der Waals surface area (Å²) in [6.45, 7) is 6.74. The van der Waals surface area contributed by atoms with Crippen molar-refractivity contribution in [3.8, 4) is 6.07 Å². The molecule has 0 spiro atoms. The van der Waals surface area contributed by atoms with Crippen molar-refractivity contribution in [3.05, 3.63) is 6.20 Å². The Labute approximate surface area is 185 Å². The Kier molecular flexibility index (Phi) is 6.61. The van der Waals surface area contributed by atoms with E-state index in [9.17, 15) is 4.79 Å². The molecule has 1 N–H and O–H groups in total. The third-order valence-corrected chi connectivity index (χ3v) is 7.40. The lowest BCUT2D eigenvalue weighted by atomic mass is 9.90. The number of carbonyl (C=O) groups is 1. The van der Waals surface area contributed by atoms with E-state index in [1.54, 1.807) is 11.1 Å². The van der Waals surface area contributed by atoms with Crippen LogP contribution in [0.2, 0.25) is 0 Å². The molecule has 0 unspecified atom stereocenters. The Hall–Kier alpha value is -2.40. The number of likely N-dealkylation sites (tertiary alicyclic amines) is 1. The van der Waals surface area contributed by atoms with Gasteiger partial charge in [-0.05, 0) is 58.0 Å². The minimum Gasteiger partial charge on any atom is -0.351 e. The Morgan fingerprint density at radius 2 is 1.97 bits per heavy atom. The van der Waals surface area contributed by atoms with E-state index in [0.717, 1.165) is 56.7 Å². The summed E-state index contributed by atoms with van der Waals surface area (Å²) in [4.78, 5) is 28.8. The molecule has 4 rings (SSSR count). The summed E-state index contributed by atoms with van der Waals surface area (Å²) >= 11 is 0. The van der Waals surface area contributed by atoms with Crippen LogP contribution in [0.5, 0.6) is 0 Å². The average molecular weight is 426 g/mol. The van der Waals surface area contributed by atoms with Gasteiger partial charge in [0.25, 0.3) is 0 Å². The lowest BCUT2D eigenvalue weighted by Gasteiger charge is -2.43. The number of likely N-dealkylation sites (N-methyl/N-ethyl adjacent to an activating group) is 1. The van der Waals surface area contributed by atoms with Crippen LogP contribution in [0.1, 0.15) is 58.8 Å². The summed E-state index contributed by atoms with van der Waals surface area (Å²) in [5, 5.41) is 12.5. The first kappa shape index (κ1) is 21.8. The molecule has 8 nitrogen and oxygen atoms in total. The van der Waals surface area contributed by atoms with Crippen LogP contribution in [-0.4, -0.2) is 65.6 Å². The van der Waals surface area contributed by atoms with Crippen molar-refractivity contribution in [1.82, 2.24) is 14.9 Å². The maximum absolute atomic E-state index is 13.0. The molecule has 1 aromatic rings. The maximum Gasteiger partial charge on any atom is 0.249 e. The third-order valence-electron chi connectivity index (χ3n) is 7.40. The van der Waals surface area contributed by atoms with E-state index in [0.29, 0.717) is 24.5 Å². The Morgan fingerprint density at radius 3 is 2.61 bits per heavy atom. The number of nitrogens with zero attached hydrogens (tertiary/aromatic N) is 6. The quantitative estimate of drug-likeness (QED) is 0.701. The predicted molar refractivity (Wildman–Crippen MR) is 122 cm³/mol. The van der Waals surface area contributed by atoms with E-state index < -0.39 is 0 Å². The SMILES string of the molecule is CC[C@@H]1C(=O)N(C)c2cnc(N[C@@H](C)C3CCN(CC#N)CC3)nc2N1C1CCCC1. The molecule has 3 aliphatic rings. The normalized spacial score (nSPS) is 24.2. The van der Waals surface area contributed by atoms with E-state index >= 15 is 0 Å². The van der Waals surface area contributed by atoms with Gasteiger partial charge in [-0.2, -0.15) is 10.2 Å². The standard InChI is InChI=1S/C23H35N7O/c1-4-19-22(31)28(3)20-15-25-23(27-21(20)30(19)18-7-5-6-8-18)26-16(2)17-9-12-29(13-10-17)14-11-24/h15-19H,4-10,12-14H2,1-3H3,(H,25,26,27)/t16-,19+/m0/s1. The van der Waals surface area contributed by atoms with Gasteiger partial charge in [-0.3, -0.25) is 9.69 Å². The molecule has 3 heterocycles. The average Bonchev–Trinajstić information content (AvgIpc) is 3.31. The molecule has 1 aromatic heterocycles. The summed E-state index contributed by atoms with van der Waals surface area (Å²) in [7, 11) is 1.84. The molecule has 0 radical (unpaired) electrons. The number of rotatable bonds is 6. The maximum atomic E-state index is 13.0. The lowest BCUT2D eigenvalue weighted by molar-refractivity contribution is -0.120. The molecule has 0 bridgehead atoms. The molecule has 1 saturated heterocycles. The van der Waals surface area contributed by atoms with Crippen LogP contribution < -0.4 is 15.1 Å². The summed E-state index contributed by atoms with van der Waals surface area (Å²) in [5.74, 6) is 2.22. The number of nitrogens with one attached hydrogen (secondary N) is 1. The van der Waals surface area contributed by atoms with Crippen molar-refractivity contribution >= 4 is 23.4 Å². The first-order valence-corrected chi connectivity index (χ1v) is 11.8. The second-order valence-corrected chi connectivity index (χ2v) is 9.27. The highest BCUT2D eigenvalue weighted by Crippen LogP contribution is 2.40. The van der Waals surface area contributed by atoms with Crippen LogP contribution in [0, 0.1) is 17.2 Å². The van der Waals surface area contributed by atoms with Gasteiger partial charge in [0.15, 0.2) is 5.82 Å². The summed E-state index contributed by atoms with van der Waals surface area (Å²) in [5.41, 5.74) is 0.810. The minimum absolute atomic E-state index is 0.142. The van der Waals surface area contributed by atoms with Gasteiger partial charge in [0.1, 0.15) is 11.7 Å². The second kappa shape index (κ2) is 9.39. The molecule has 0 aromatic carbocycles. The van der Waals surface area contributed by atoms with Gasteiger partial charge >= 0.3 is 0 Å². The Bertz CT molecular complexity index is 824. The van der Waals surface area contributed by atoms with E-state index in [1.165, 1.54) is 12.8 Å². The van der Waals surface area contributed by atoms with Crippen molar-refractivity contribution < 1.29 is 4.79 Å². The van der Waals surface area contributed by atoms with Gasteiger partial charge in [0.05, 0.1) is 18.8 Å². The van der Waals surface area contributed by atoms with Crippen LogP contribution in [0.3, 0.4) is 0 Å². The van der Waals surface area contributed by atoms with Crippen molar-refractivity contribution in [2.45, 2.75) is 76.9 Å². The van der Waals surface area contributed by atoms with Gasteiger partial charge in [-0.25, -0.2) is 4.98 Å². The minimum atomic E-state index is -0.148. The van der Waals surface area contributed by atoms with E-state index in [1.807, 2.05) is 7.05 Å². The third kappa shape index (κ3) is 4.33. The van der Waals surface area contributed by atoms with Crippen LogP contribution >= 0.6 is 0 Å². The first-order chi connectivity index (χ1) is 15.0. The molecule has 1 saturated carbocycles. The summed E-state index contributed by atoms with van der Waals surface area (Å²) in [6.07, 6.45) is 9.41. The van der Waals surface area contributed by atoms with Gasteiger partial charge in [0, 0.05) is 19.1 Å². The fraction of sp³-hybridized carbons (Fsp3) is 0.739. The first-order valence-electron chi connectivity index (χ1n) is 11.8. The number of nitriles is 1. The topological polar surface area (TPSA) is 88.4 Å². The monoisotopic (exact) mass is 425 g/mol. The highest BCUT2D eigenvalue weighted by molar-refractivity contribution is 6.04. The van der Waals surface area contributed by atoms with Crippen LogP contribution in [0.4, 0.5) is 17.5 Å². The molecule has 2 aliphatic heterocycles. The van der Waals surface area contributed by atoms with Crippen molar-refractivity contribution in [3.63, 3.8) is 0 Å². The van der Waals surface area contributed by atoms with Gasteiger partial charge in [-0.1, -0.05) is 19.8 Å². The van der Waals surface area contributed by atoms with E-state index in [-0.39, 0.29) is 18.0 Å². The highest BCUT2D eigenvalue weighted by atomic mass is 16.2. The molecule has 31 heavy (non-hydrogen) atoms. The van der Waals surface area contributed by atoms with E-state index in [4.69, 9.17) is 10.2 Å². The van der Waals surface area contributed by atoms with Crippen LogP contribution in [0.25, 0.3) is 0 Å². The second-order valence-electron chi connectivity index (χ2n) is 9.27. The molecular weight excluding hydrogens is 390 g/mol. The number of fused-ring (bicyclic) bond motifs is 1. The van der Waals surface area contributed by atoms with Crippen LogP contribution in [-0.2, 0) is 4.79 Å². The lowest BCUT2D eigenvalue weighted by Crippen LogP contribution is -2.55. The van der Waals surface area contributed by atoms with Gasteiger partial charge in [-0.15, -0.1) is 0 Å². The zero-order chi connectivity index (χ0) is 22.0. The molecule has 8 heteroatoms. The smallest absolute Gasteiger partial charge is 0.249 e. The van der Waals surface area contributed by atoms with Crippen molar-refractivity contribution in [2.24, 2.45) is 5.92 Å². The zero-order valence-corrected chi connectivity index (χ0v) is 19.0. The summed E-state index contributed by atoms with van der Waals surface area (Å²) in [6, 6.07) is 2.74. The fourth-order valence-corrected chi connectivity index (χ4v) is 5.49. The number of hydrogen-bond acceptors (Lipinski definition) is 7. The molecule has 168 valence electrons. The van der Waals surface area contributed by atoms with Gasteiger partial charge in [0.2, 0.25) is 11.9 Å². The summed E-state index contributed by atoms with van der Waals surface area (Å²) < 4.78 is 0. The number of hydrogen-bond donors (Lipinski definition) is 1.